The van der Waals surface area contributed by atoms with E-state index in [4.69, 9.17) is 16.3 Å². The number of carbonyl (C=O) groups is 1. The molecule has 0 spiro atoms. The molecule has 0 heterocycles. The molecule has 0 aliphatic carbocycles. The number of ether oxygens (including phenoxy) is 1. The maximum atomic E-state index is 12.5. The Kier molecular flexibility index (Phi) is 7.97. The normalized spacial score (nSPS) is 11.4. The van der Waals surface area contributed by atoms with Gasteiger partial charge in [0.05, 0.1) is 23.0 Å². The Hall–Kier alpha value is -1.74. The van der Waals surface area contributed by atoms with Crippen LogP contribution >= 0.6 is 23.4 Å². The fourth-order valence-corrected chi connectivity index (χ4v) is 3.91. The van der Waals surface area contributed by atoms with Crippen LogP contribution in [-0.2, 0) is 14.8 Å². The molecular weight excluding hydrogens is 408 g/mol. The first kappa shape index (κ1) is 21.6. The highest BCUT2D eigenvalue weighted by atomic mass is 35.5. The van der Waals surface area contributed by atoms with E-state index in [9.17, 15) is 13.2 Å². The van der Waals surface area contributed by atoms with E-state index in [1.54, 1.807) is 36.4 Å². The van der Waals surface area contributed by atoms with Crippen molar-refractivity contribution in [1.29, 1.82) is 0 Å². The van der Waals surface area contributed by atoms with E-state index in [2.05, 4.69) is 5.32 Å². The topological polar surface area (TPSA) is 75.7 Å². The molecular formula is C18H21ClN2O4S2. The molecule has 0 fully saturated rings. The Morgan fingerprint density at radius 2 is 1.85 bits per heavy atom. The van der Waals surface area contributed by atoms with Gasteiger partial charge in [-0.2, -0.15) is 4.31 Å². The number of rotatable bonds is 9. The number of benzene rings is 2. The summed E-state index contributed by atoms with van der Waals surface area (Å²) in [5.74, 6) is 0.117. The van der Waals surface area contributed by atoms with Crippen LogP contribution in [0.3, 0.4) is 0 Å². The van der Waals surface area contributed by atoms with Gasteiger partial charge in [-0.1, -0.05) is 23.7 Å². The second-order valence-corrected chi connectivity index (χ2v) is 8.90. The summed E-state index contributed by atoms with van der Waals surface area (Å²) in [6, 6.07) is 13.6. The molecule has 0 saturated heterocycles. The van der Waals surface area contributed by atoms with Gasteiger partial charge in [0.2, 0.25) is 15.9 Å². The van der Waals surface area contributed by atoms with E-state index in [-0.39, 0.29) is 24.6 Å². The smallest absolute Gasteiger partial charge is 0.243 e. The summed E-state index contributed by atoms with van der Waals surface area (Å²) in [4.78, 5) is 13.1. The van der Waals surface area contributed by atoms with Gasteiger partial charge in [-0.3, -0.25) is 4.79 Å². The van der Waals surface area contributed by atoms with E-state index < -0.39 is 15.9 Å². The monoisotopic (exact) mass is 428 g/mol. The molecule has 146 valence electrons. The molecule has 1 N–H and O–H groups in total. The third-order valence-corrected chi connectivity index (χ3v) is 6.53. The van der Waals surface area contributed by atoms with Crippen LogP contribution in [0.2, 0.25) is 5.02 Å². The first-order valence-electron chi connectivity index (χ1n) is 8.09. The minimum absolute atomic E-state index is 0.151. The molecule has 1 amide bonds. The molecule has 9 heteroatoms. The van der Waals surface area contributed by atoms with E-state index in [1.807, 2.05) is 6.26 Å². The van der Waals surface area contributed by atoms with Crippen LogP contribution in [0, 0.1) is 0 Å². The zero-order valence-electron chi connectivity index (χ0n) is 15.0. The number of nitrogens with one attached hydrogen (secondary N) is 1. The number of carbonyl (C=O) groups excluding carboxylic acids is 1. The predicted molar refractivity (Wildman–Crippen MR) is 108 cm³/mol. The number of amides is 1. The molecule has 0 atom stereocenters. The summed E-state index contributed by atoms with van der Waals surface area (Å²) in [7, 11) is -2.35. The van der Waals surface area contributed by atoms with Gasteiger partial charge in [0.25, 0.3) is 0 Å². The Bertz CT molecular complexity index is 873. The Labute approximate surface area is 168 Å². The number of nitrogens with zero attached hydrogens (tertiary/aromatic N) is 1. The van der Waals surface area contributed by atoms with Gasteiger partial charge >= 0.3 is 0 Å². The van der Waals surface area contributed by atoms with Gasteiger partial charge < -0.3 is 10.1 Å². The quantitative estimate of drug-likeness (QED) is 0.491. The first-order valence-corrected chi connectivity index (χ1v) is 11.1. The van der Waals surface area contributed by atoms with Crippen LogP contribution in [-0.4, -0.2) is 51.6 Å². The third-order valence-electron chi connectivity index (χ3n) is 3.65. The molecule has 0 bridgehead atoms. The standard InChI is InChI=1S/C18H21ClN2O4S2/c1-21(27(23,24)15-9-7-14(26-2)8-10-15)13-18(22)20-11-12-25-17-6-4-3-5-16(17)19/h3-10H,11-13H2,1-2H3,(H,20,22). The lowest BCUT2D eigenvalue weighted by molar-refractivity contribution is -0.121. The van der Waals surface area contributed by atoms with E-state index in [0.717, 1.165) is 9.20 Å². The minimum Gasteiger partial charge on any atom is -0.490 e. The Morgan fingerprint density at radius 1 is 1.19 bits per heavy atom. The molecule has 0 unspecified atom stereocenters. The van der Waals surface area contributed by atoms with Crippen molar-refractivity contribution in [3.05, 3.63) is 53.6 Å². The number of sulfonamides is 1. The van der Waals surface area contributed by atoms with Crippen LogP contribution in [0.25, 0.3) is 0 Å². The number of para-hydroxylation sites is 1. The lowest BCUT2D eigenvalue weighted by Gasteiger charge is -2.17. The Morgan fingerprint density at radius 3 is 2.48 bits per heavy atom. The second kappa shape index (κ2) is 9.98. The van der Waals surface area contributed by atoms with Gasteiger partial charge in [-0.15, -0.1) is 11.8 Å². The Balaban J connectivity index is 1.82. The van der Waals surface area contributed by atoms with E-state index >= 15 is 0 Å². The molecule has 0 aromatic heterocycles. The molecule has 0 aliphatic heterocycles. The van der Waals surface area contributed by atoms with Crippen LogP contribution < -0.4 is 10.1 Å². The number of likely N-dealkylation sites (N-methyl/N-ethyl adjacent to an activating group) is 1. The average Bonchev–Trinajstić information content (AvgIpc) is 2.66. The summed E-state index contributed by atoms with van der Waals surface area (Å²) in [5.41, 5.74) is 0. The summed E-state index contributed by atoms with van der Waals surface area (Å²) in [6.07, 6.45) is 1.91. The molecule has 27 heavy (non-hydrogen) atoms. The highest BCUT2D eigenvalue weighted by Gasteiger charge is 2.22. The third kappa shape index (κ3) is 6.14. The zero-order valence-corrected chi connectivity index (χ0v) is 17.4. The lowest BCUT2D eigenvalue weighted by atomic mass is 10.3. The van der Waals surface area contributed by atoms with Crippen molar-refractivity contribution in [2.24, 2.45) is 0 Å². The number of halogens is 1. The fourth-order valence-electron chi connectivity index (χ4n) is 2.18. The molecule has 0 radical (unpaired) electrons. The highest BCUT2D eigenvalue weighted by Crippen LogP contribution is 2.22. The van der Waals surface area contributed by atoms with Crippen LogP contribution in [0.4, 0.5) is 0 Å². The summed E-state index contributed by atoms with van der Waals surface area (Å²) in [6.45, 7) is 0.182. The fraction of sp³-hybridized carbons (Fsp3) is 0.278. The second-order valence-electron chi connectivity index (χ2n) is 5.57. The van der Waals surface area contributed by atoms with Crippen molar-refractivity contribution < 1.29 is 17.9 Å². The molecule has 2 rings (SSSR count). The minimum atomic E-state index is -3.72. The van der Waals surface area contributed by atoms with Gasteiger partial charge in [0.1, 0.15) is 12.4 Å². The lowest BCUT2D eigenvalue weighted by Crippen LogP contribution is -2.39. The summed E-state index contributed by atoms with van der Waals surface area (Å²) < 4.78 is 31.5. The van der Waals surface area contributed by atoms with E-state index in [0.29, 0.717) is 10.8 Å². The van der Waals surface area contributed by atoms with Crippen molar-refractivity contribution in [3.8, 4) is 5.75 Å². The molecule has 0 aliphatic rings. The maximum absolute atomic E-state index is 12.5. The molecule has 0 saturated carbocycles. The van der Waals surface area contributed by atoms with Crippen LogP contribution in [0.15, 0.2) is 58.3 Å². The number of hydrogen-bond acceptors (Lipinski definition) is 5. The first-order chi connectivity index (χ1) is 12.8. The molecule has 2 aromatic rings. The van der Waals surface area contributed by atoms with Crippen molar-refractivity contribution in [1.82, 2.24) is 9.62 Å². The van der Waals surface area contributed by atoms with Gasteiger partial charge in [-0.25, -0.2) is 8.42 Å². The van der Waals surface area contributed by atoms with Gasteiger partial charge in [0, 0.05) is 11.9 Å². The number of hydrogen-bond donors (Lipinski definition) is 1. The van der Waals surface area contributed by atoms with Crippen LogP contribution in [0.1, 0.15) is 0 Å². The average molecular weight is 429 g/mol. The van der Waals surface area contributed by atoms with Crippen molar-refractivity contribution in [2.45, 2.75) is 9.79 Å². The predicted octanol–water partition coefficient (Wildman–Crippen LogP) is 2.88. The SMILES string of the molecule is CSc1ccc(S(=O)(=O)N(C)CC(=O)NCCOc2ccccc2Cl)cc1. The van der Waals surface area contributed by atoms with Crippen molar-refractivity contribution in [3.63, 3.8) is 0 Å². The number of thioether (sulfide) groups is 1. The van der Waals surface area contributed by atoms with Crippen molar-refractivity contribution >= 4 is 39.3 Å². The molecule has 2 aromatic carbocycles. The largest absolute Gasteiger partial charge is 0.490 e. The van der Waals surface area contributed by atoms with Gasteiger partial charge in [0.15, 0.2) is 0 Å². The highest BCUT2D eigenvalue weighted by molar-refractivity contribution is 7.98. The van der Waals surface area contributed by atoms with Crippen LogP contribution in [0.5, 0.6) is 5.75 Å². The maximum Gasteiger partial charge on any atom is 0.243 e. The van der Waals surface area contributed by atoms with Crippen molar-refractivity contribution in [2.75, 3.05) is 33.0 Å². The summed E-state index contributed by atoms with van der Waals surface area (Å²) >= 11 is 7.50. The summed E-state index contributed by atoms with van der Waals surface area (Å²) in [5, 5.41) is 3.12. The molecule has 6 nitrogen and oxygen atoms in total. The van der Waals surface area contributed by atoms with E-state index in [1.165, 1.54) is 30.9 Å². The van der Waals surface area contributed by atoms with Gasteiger partial charge in [-0.05, 0) is 42.7 Å². The zero-order chi connectivity index (χ0) is 19.9.